The first kappa shape index (κ1) is 18.1. The number of carbonyl (C=O) groups excluding carboxylic acids is 1. The van der Waals surface area contributed by atoms with E-state index < -0.39 is 6.04 Å². The quantitative estimate of drug-likeness (QED) is 0.612. The summed E-state index contributed by atoms with van der Waals surface area (Å²) in [4.78, 5) is 17.8. The van der Waals surface area contributed by atoms with Crippen molar-refractivity contribution in [1.82, 2.24) is 35.1 Å². The highest BCUT2D eigenvalue weighted by Crippen LogP contribution is 2.18. The average molecular weight is 374 g/mol. The number of imidazole rings is 1. The van der Waals surface area contributed by atoms with Crippen LogP contribution in [0.15, 0.2) is 43.0 Å². The Morgan fingerprint density at radius 2 is 2.12 bits per heavy atom. The first-order chi connectivity index (χ1) is 12.7. The Kier molecular flexibility index (Phi) is 5.96. The summed E-state index contributed by atoms with van der Waals surface area (Å²) in [6.07, 6.45) is 6.78. The molecule has 0 fully saturated rings. The summed E-state index contributed by atoms with van der Waals surface area (Å²) in [5.74, 6) is 0.353. The molecule has 0 spiro atoms. The molecule has 1 atom stereocenters. The van der Waals surface area contributed by atoms with Crippen LogP contribution >= 0.6 is 11.6 Å². The Balaban J connectivity index is 1.57. The number of aryl methyl sites for hydroxylation is 1. The van der Waals surface area contributed by atoms with Gasteiger partial charge < -0.3 is 9.88 Å². The highest BCUT2D eigenvalue weighted by Gasteiger charge is 2.21. The fourth-order valence-corrected chi connectivity index (χ4v) is 2.66. The van der Waals surface area contributed by atoms with Crippen LogP contribution in [0.25, 0.3) is 11.4 Å². The van der Waals surface area contributed by atoms with Crippen molar-refractivity contribution < 1.29 is 4.79 Å². The van der Waals surface area contributed by atoms with Gasteiger partial charge in [0.15, 0.2) is 6.04 Å². The molecule has 3 rings (SSSR count). The molecule has 136 valence electrons. The van der Waals surface area contributed by atoms with Gasteiger partial charge in [-0.05, 0) is 42.3 Å². The molecule has 0 radical (unpaired) electrons. The Morgan fingerprint density at radius 1 is 1.31 bits per heavy atom. The number of amides is 1. The van der Waals surface area contributed by atoms with E-state index in [-0.39, 0.29) is 5.91 Å². The molecule has 0 aliphatic rings. The van der Waals surface area contributed by atoms with Crippen molar-refractivity contribution in [1.29, 1.82) is 0 Å². The maximum absolute atomic E-state index is 12.5. The van der Waals surface area contributed by atoms with Gasteiger partial charge in [-0.1, -0.05) is 18.5 Å². The van der Waals surface area contributed by atoms with E-state index in [4.69, 9.17) is 11.6 Å². The number of tetrazole rings is 1. The summed E-state index contributed by atoms with van der Waals surface area (Å²) < 4.78 is 1.97. The van der Waals surface area contributed by atoms with Crippen LogP contribution in [0, 0.1) is 0 Å². The number of aromatic nitrogens is 6. The molecule has 1 aromatic carbocycles. The SMILES string of the molecule is CCC(C(=O)NCCCn1ccnc1)n1nnc(-c2ccc(Cl)cc2)n1. The molecule has 0 aliphatic carbocycles. The van der Waals surface area contributed by atoms with Crippen molar-refractivity contribution in [2.75, 3.05) is 6.54 Å². The van der Waals surface area contributed by atoms with E-state index in [2.05, 4.69) is 25.7 Å². The molecule has 0 saturated carbocycles. The van der Waals surface area contributed by atoms with Crippen LogP contribution in [0.2, 0.25) is 5.02 Å². The molecule has 0 bridgehead atoms. The Morgan fingerprint density at radius 3 is 2.81 bits per heavy atom. The monoisotopic (exact) mass is 373 g/mol. The van der Waals surface area contributed by atoms with Crippen LogP contribution in [-0.4, -0.2) is 42.2 Å². The number of benzene rings is 1. The van der Waals surface area contributed by atoms with Crippen molar-refractivity contribution in [3.05, 3.63) is 48.0 Å². The number of halogens is 1. The van der Waals surface area contributed by atoms with Crippen molar-refractivity contribution in [3.8, 4) is 11.4 Å². The molecule has 1 unspecified atom stereocenters. The second-order valence-electron chi connectivity index (χ2n) is 5.81. The molecular formula is C17H20ClN7O. The molecule has 3 aromatic rings. The number of rotatable bonds is 8. The Bertz CT molecular complexity index is 829. The lowest BCUT2D eigenvalue weighted by Gasteiger charge is -2.13. The normalized spacial score (nSPS) is 12.1. The van der Waals surface area contributed by atoms with Gasteiger partial charge >= 0.3 is 0 Å². The summed E-state index contributed by atoms with van der Waals surface area (Å²) in [6, 6.07) is 6.68. The lowest BCUT2D eigenvalue weighted by Crippen LogP contribution is -2.34. The summed E-state index contributed by atoms with van der Waals surface area (Å²) in [5.41, 5.74) is 0.802. The largest absolute Gasteiger partial charge is 0.354 e. The molecule has 9 heteroatoms. The molecule has 26 heavy (non-hydrogen) atoms. The molecule has 1 amide bonds. The van der Waals surface area contributed by atoms with Crippen LogP contribution in [0.3, 0.4) is 0 Å². The average Bonchev–Trinajstić information content (AvgIpc) is 3.32. The third-order valence-electron chi connectivity index (χ3n) is 3.95. The van der Waals surface area contributed by atoms with Crippen LogP contribution in [0.4, 0.5) is 0 Å². The van der Waals surface area contributed by atoms with Gasteiger partial charge in [0.2, 0.25) is 11.7 Å². The van der Waals surface area contributed by atoms with Gasteiger partial charge in [-0.25, -0.2) is 4.98 Å². The molecule has 8 nitrogen and oxygen atoms in total. The van der Waals surface area contributed by atoms with Gasteiger partial charge in [0.1, 0.15) is 0 Å². The minimum Gasteiger partial charge on any atom is -0.354 e. The minimum atomic E-state index is -0.489. The molecule has 1 N–H and O–H groups in total. The van der Waals surface area contributed by atoms with Crippen molar-refractivity contribution in [2.45, 2.75) is 32.4 Å². The fraction of sp³-hybridized carbons (Fsp3) is 0.353. The highest BCUT2D eigenvalue weighted by atomic mass is 35.5. The second-order valence-corrected chi connectivity index (χ2v) is 6.25. The third-order valence-corrected chi connectivity index (χ3v) is 4.20. The number of hydrogen-bond donors (Lipinski definition) is 1. The topological polar surface area (TPSA) is 90.5 Å². The van der Waals surface area contributed by atoms with E-state index in [1.165, 1.54) is 4.80 Å². The predicted octanol–water partition coefficient (Wildman–Crippen LogP) is 2.35. The molecule has 0 aliphatic heterocycles. The van der Waals surface area contributed by atoms with Crippen LogP contribution in [-0.2, 0) is 11.3 Å². The number of nitrogens with one attached hydrogen (secondary N) is 1. The summed E-state index contributed by atoms with van der Waals surface area (Å²) in [6.45, 7) is 3.30. The van der Waals surface area contributed by atoms with E-state index in [0.29, 0.717) is 23.8 Å². The molecule has 2 aromatic heterocycles. The maximum atomic E-state index is 12.5. The highest BCUT2D eigenvalue weighted by molar-refractivity contribution is 6.30. The van der Waals surface area contributed by atoms with E-state index >= 15 is 0 Å². The molecule has 0 saturated heterocycles. The van der Waals surface area contributed by atoms with Gasteiger partial charge in [-0.3, -0.25) is 4.79 Å². The van der Waals surface area contributed by atoms with E-state index in [0.717, 1.165) is 18.5 Å². The van der Waals surface area contributed by atoms with Crippen LogP contribution in [0.1, 0.15) is 25.8 Å². The Hall–Kier alpha value is -2.74. The number of hydrogen-bond acceptors (Lipinski definition) is 5. The maximum Gasteiger partial charge on any atom is 0.246 e. The fourth-order valence-electron chi connectivity index (χ4n) is 2.54. The first-order valence-electron chi connectivity index (χ1n) is 8.46. The lowest BCUT2D eigenvalue weighted by atomic mass is 10.2. The van der Waals surface area contributed by atoms with E-state index in [9.17, 15) is 4.79 Å². The van der Waals surface area contributed by atoms with Gasteiger partial charge in [-0.2, -0.15) is 4.80 Å². The summed E-state index contributed by atoms with van der Waals surface area (Å²) >= 11 is 5.89. The van der Waals surface area contributed by atoms with Crippen LogP contribution in [0.5, 0.6) is 0 Å². The van der Waals surface area contributed by atoms with Crippen LogP contribution < -0.4 is 5.32 Å². The van der Waals surface area contributed by atoms with Gasteiger partial charge in [0, 0.05) is 36.1 Å². The van der Waals surface area contributed by atoms with Gasteiger partial charge in [-0.15, -0.1) is 10.2 Å². The zero-order chi connectivity index (χ0) is 18.4. The van der Waals surface area contributed by atoms with Crippen molar-refractivity contribution >= 4 is 17.5 Å². The molecular weight excluding hydrogens is 354 g/mol. The standard InChI is InChI=1S/C17H20ClN7O/c1-2-15(17(26)20-8-3-10-24-11-9-19-12-24)25-22-16(21-23-25)13-4-6-14(18)7-5-13/h4-7,9,11-12,15H,2-3,8,10H2,1H3,(H,20,26). The summed E-state index contributed by atoms with van der Waals surface area (Å²) in [7, 11) is 0. The van der Waals surface area contributed by atoms with E-state index in [1.807, 2.05) is 29.8 Å². The number of nitrogens with zero attached hydrogens (tertiary/aromatic N) is 6. The second kappa shape index (κ2) is 8.57. The van der Waals surface area contributed by atoms with Gasteiger partial charge in [0.05, 0.1) is 6.33 Å². The number of carbonyl (C=O) groups is 1. The van der Waals surface area contributed by atoms with E-state index in [1.54, 1.807) is 24.7 Å². The van der Waals surface area contributed by atoms with Crippen molar-refractivity contribution in [3.63, 3.8) is 0 Å². The first-order valence-corrected chi connectivity index (χ1v) is 8.84. The lowest BCUT2D eigenvalue weighted by molar-refractivity contribution is -0.125. The molecule has 2 heterocycles. The zero-order valence-electron chi connectivity index (χ0n) is 14.4. The predicted molar refractivity (Wildman–Crippen MR) is 97.4 cm³/mol. The third kappa shape index (κ3) is 4.45. The van der Waals surface area contributed by atoms with Gasteiger partial charge in [0.25, 0.3) is 0 Å². The smallest absolute Gasteiger partial charge is 0.246 e. The summed E-state index contributed by atoms with van der Waals surface area (Å²) in [5, 5.41) is 16.0. The Labute approximate surface area is 156 Å². The minimum absolute atomic E-state index is 0.113. The van der Waals surface area contributed by atoms with Crippen molar-refractivity contribution in [2.24, 2.45) is 0 Å². The zero-order valence-corrected chi connectivity index (χ0v) is 15.2.